The van der Waals surface area contributed by atoms with E-state index in [1.165, 1.54) is 18.7 Å². The number of rotatable bonds is 11. The highest BCUT2D eigenvalue weighted by atomic mass is 32.2. The van der Waals surface area contributed by atoms with Crippen LogP contribution in [0, 0.1) is 11.8 Å². The van der Waals surface area contributed by atoms with Crippen molar-refractivity contribution in [3.63, 3.8) is 0 Å². The first-order valence-electron chi connectivity index (χ1n) is 7.85. The van der Waals surface area contributed by atoms with Crippen LogP contribution in [0.4, 0.5) is 8.78 Å². The first-order valence-corrected chi connectivity index (χ1v) is 8.90. The molecule has 0 spiro atoms. The SMILES string of the molecule is CCC(F)(F)CCCCSC(C(=O)OCC(C)C)C(C)C. The number of hydrogen-bond donors (Lipinski definition) is 0. The summed E-state index contributed by atoms with van der Waals surface area (Å²) < 4.78 is 31.5. The molecule has 1 unspecified atom stereocenters. The van der Waals surface area contributed by atoms with Gasteiger partial charge < -0.3 is 4.74 Å². The number of carbonyl (C=O) groups is 1. The van der Waals surface area contributed by atoms with Crippen LogP contribution in [-0.2, 0) is 9.53 Å². The summed E-state index contributed by atoms with van der Waals surface area (Å²) in [5.41, 5.74) is 0. The maximum Gasteiger partial charge on any atom is 0.319 e. The van der Waals surface area contributed by atoms with E-state index in [0.717, 1.165) is 5.75 Å². The van der Waals surface area contributed by atoms with Crippen LogP contribution < -0.4 is 0 Å². The minimum atomic E-state index is -2.54. The van der Waals surface area contributed by atoms with Crippen molar-refractivity contribution in [3.8, 4) is 0 Å². The average molecular weight is 324 g/mol. The number of ether oxygens (including phenoxy) is 1. The van der Waals surface area contributed by atoms with Gasteiger partial charge in [0.15, 0.2) is 0 Å². The quantitative estimate of drug-likeness (QED) is 0.388. The van der Waals surface area contributed by atoms with Crippen LogP contribution in [0.3, 0.4) is 0 Å². The molecule has 0 fully saturated rings. The Bertz CT molecular complexity index is 294. The number of esters is 1. The van der Waals surface area contributed by atoms with Gasteiger partial charge in [-0.05, 0) is 30.4 Å². The van der Waals surface area contributed by atoms with Gasteiger partial charge in [0, 0.05) is 12.8 Å². The molecule has 0 rings (SSSR count). The summed E-state index contributed by atoms with van der Waals surface area (Å²) in [6, 6.07) is 0. The smallest absolute Gasteiger partial charge is 0.319 e. The first kappa shape index (κ1) is 20.7. The third-order valence-corrected chi connectivity index (χ3v) is 4.77. The summed E-state index contributed by atoms with van der Waals surface area (Å²) in [5.74, 6) is -1.49. The summed E-state index contributed by atoms with van der Waals surface area (Å²) in [4.78, 5) is 12.0. The van der Waals surface area contributed by atoms with E-state index < -0.39 is 5.92 Å². The molecule has 0 amide bonds. The van der Waals surface area contributed by atoms with Crippen molar-refractivity contribution in [2.45, 2.75) is 71.5 Å². The Balaban J connectivity index is 4.03. The second kappa shape index (κ2) is 10.4. The van der Waals surface area contributed by atoms with Crippen molar-refractivity contribution in [2.75, 3.05) is 12.4 Å². The molecule has 0 radical (unpaired) electrons. The lowest BCUT2D eigenvalue weighted by atomic mass is 10.1. The van der Waals surface area contributed by atoms with Crippen molar-refractivity contribution in [1.82, 2.24) is 0 Å². The molecule has 0 heterocycles. The standard InChI is InChI=1S/C16H30F2O2S/c1-6-16(17,18)9-7-8-10-21-14(13(4)5)15(19)20-11-12(2)3/h12-14H,6-11H2,1-5H3. The van der Waals surface area contributed by atoms with Gasteiger partial charge in [0.25, 0.3) is 0 Å². The lowest BCUT2D eigenvalue weighted by Gasteiger charge is -2.20. The molecule has 0 aromatic carbocycles. The Kier molecular flexibility index (Phi) is 10.3. The molecule has 0 saturated heterocycles. The van der Waals surface area contributed by atoms with Gasteiger partial charge >= 0.3 is 5.97 Å². The molecule has 0 aliphatic carbocycles. The number of hydrogen-bond acceptors (Lipinski definition) is 3. The number of carbonyl (C=O) groups excluding carboxylic acids is 1. The third-order valence-electron chi connectivity index (χ3n) is 3.15. The lowest BCUT2D eigenvalue weighted by Crippen LogP contribution is -2.27. The first-order chi connectivity index (χ1) is 9.69. The molecule has 21 heavy (non-hydrogen) atoms. The fraction of sp³-hybridized carbons (Fsp3) is 0.938. The molecular formula is C16H30F2O2S. The van der Waals surface area contributed by atoms with E-state index in [0.29, 0.717) is 25.4 Å². The van der Waals surface area contributed by atoms with Crippen LogP contribution in [0.15, 0.2) is 0 Å². The predicted molar refractivity (Wildman–Crippen MR) is 86.0 cm³/mol. The van der Waals surface area contributed by atoms with E-state index >= 15 is 0 Å². The van der Waals surface area contributed by atoms with E-state index in [-0.39, 0.29) is 30.0 Å². The van der Waals surface area contributed by atoms with Crippen molar-refractivity contribution >= 4 is 17.7 Å². The minimum absolute atomic E-state index is 0.0613. The van der Waals surface area contributed by atoms with E-state index in [2.05, 4.69) is 0 Å². The number of alkyl halides is 2. The molecule has 0 aromatic heterocycles. The molecule has 0 aromatic rings. The summed E-state index contributed by atoms with van der Waals surface area (Å²) in [5, 5.41) is -0.199. The third kappa shape index (κ3) is 10.1. The molecule has 1 atom stereocenters. The zero-order chi connectivity index (χ0) is 16.5. The topological polar surface area (TPSA) is 26.3 Å². The van der Waals surface area contributed by atoms with E-state index in [4.69, 9.17) is 4.74 Å². The molecule has 126 valence electrons. The van der Waals surface area contributed by atoms with Gasteiger partial charge in [0.05, 0.1) is 6.61 Å². The highest BCUT2D eigenvalue weighted by molar-refractivity contribution is 8.00. The molecule has 0 aliphatic rings. The van der Waals surface area contributed by atoms with Crippen molar-refractivity contribution in [3.05, 3.63) is 0 Å². The molecule has 0 saturated carbocycles. The Morgan fingerprint density at radius 1 is 1.19 bits per heavy atom. The summed E-state index contributed by atoms with van der Waals surface area (Å²) in [6.07, 6.45) is 1.05. The second-order valence-corrected chi connectivity index (χ2v) is 7.48. The Morgan fingerprint density at radius 2 is 1.81 bits per heavy atom. The van der Waals surface area contributed by atoms with Gasteiger partial charge in [-0.2, -0.15) is 0 Å². The van der Waals surface area contributed by atoms with Gasteiger partial charge in [-0.15, -0.1) is 11.8 Å². The predicted octanol–water partition coefficient (Wildman–Crippen LogP) is 5.16. The van der Waals surface area contributed by atoms with Crippen molar-refractivity contribution in [2.24, 2.45) is 11.8 Å². The normalized spacial score (nSPS) is 13.8. The Hall–Kier alpha value is -0.320. The fourth-order valence-electron chi connectivity index (χ4n) is 1.74. The van der Waals surface area contributed by atoms with Crippen LogP contribution in [0.1, 0.15) is 60.3 Å². The monoisotopic (exact) mass is 324 g/mol. The molecule has 0 aliphatic heterocycles. The van der Waals surface area contributed by atoms with E-state index in [1.54, 1.807) is 0 Å². The number of halogens is 2. The van der Waals surface area contributed by atoms with Crippen molar-refractivity contribution < 1.29 is 18.3 Å². The van der Waals surface area contributed by atoms with E-state index in [9.17, 15) is 13.6 Å². The minimum Gasteiger partial charge on any atom is -0.465 e. The zero-order valence-corrected chi connectivity index (χ0v) is 14.8. The summed E-state index contributed by atoms with van der Waals surface area (Å²) in [7, 11) is 0. The molecule has 5 heteroatoms. The Morgan fingerprint density at radius 3 is 2.29 bits per heavy atom. The van der Waals surface area contributed by atoms with Gasteiger partial charge in [-0.1, -0.05) is 34.6 Å². The molecule has 0 N–H and O–H groups in total. The van der Waals surface area contributed by atoms with Crippen LogP contribution in [0.25, 0.3) is 0 Å². The molecule has 0 bridgehead atoms. The maximum absolute atomic E-state index is 13.1. The second-order valence-electron chi connectivity index (χ2n) is 6.23. The number of unbranched alkanes of at least 4 members (excludes halogenated alkanes) is 1. The van der Waals surface area contributed by atoms with E-state index in [1.807, 2.05) is 27.7 Å². The number of thioether (sulfide) groups is 1. The van der Waals surface area contributed by atoms with Gasteiger partial charge in [-0.3, -0.25) is 4.79 Å². The van der Waals surface area contributed by atoms with Crippen LogP contribution in [0.5, 0.6) is 0 Å². The molecular weight excluding hydrogens is 294 g/mol. The van der Waals surface area contributed by atoms with Gasteiger partial charge in [-0.25, -0.2) is 8.78 Å². The van der Waals surface area contributed by atoms with Crippen LogP contribution in [0.2, 0.25) is 0 Å². The van der Waals surface area contributed by atoms with Crippen molar-refractivity contribution in [1.29, 1.82) is 0 Å². The maximum atomic E-state index is 13.1. The van der Waals surface area contributed by atoms with Gasteiger partial charge in [0.1, 0.15) is 5.25 Å². The largest absolute Gasteiger partial charge is 0.465 e. The zero-order valence-electron chi connectivity index (χ0n) is 14.0. The summed E-state index contributed by atoms with van der Waals surface area (Å²) >= 11 is 1.53. The van der Waals surface area contributed by atoms with Crippen LogP contribution in [-0.4, -0.2) is 29.5 Å². The van der Waals surface area contributed by atoms with Crippen LogP contribution >= 0.6 is 11.8 Å². The fourth-order valence-corrected chi connectivity index (χ4v) is 2.95. The highest BCUT2D eigenvalue weighted by Gasteiger charge is 2.26. The molecule has 2 nitrogen and oxygen atoms in total. The summed E-state index contributed by atoms with van der Waals surface area (Å²) in [6.45, 7) is 9.91. The highest BCUT2D eigenvalue weighted by Crippen LogP contribution is 2.27. The lowest BCUT2D eigenvalue weighted by molar-refractivity contribution is -0.144. The Labute approximate surface area is 132 Å². The van der Waals surface area contributed by atoms with Gasteiger partial charge in [0.2, 0.25) is 5.92 Å². The average Bonchev–Trinajstić information content (AvgIpc) is 2.39.